The average molecular weight is 276 g/mol. The molecular weight excluding hydrogens is 265 g/mol. The van der Waals surface area contributed by atoms with Crippen molar-refractivity contribution in [2.75, 3.05) is 6.54 Å². The number of amides is 1. The Morgan fingerprint density at radius 3 is 2.82 bits per heavy atom. The summed E-state index contributed by atoms with van der Waals surface area (Å²) in [5.74, 6) is -0.314. The van der Waals surface area contributed by atoms with Gasteiger partial charge in [-0.3, -0.25) is 4.79 Å². The Hall–Kier alpha value is -1.46. The van der Waals surface area contributed by atoms with Gasteiger partial charge in [0.2, 0.25) is 0 Å². The van der Waals surface area contributed by atoms with Crippen LogP contribution in [0.1, 0.15) is 16.8 Å². The summed E-state index contributed by atoms with van der Waals surface area (Å²) in [7, 11) is 0. The molecule has 17 heavy (non-hydrogen) atoms. The van der Waals surface area contributed by atoms with Crippen LogP contribution in [0.3, 0.4) is 0 Å². The molecule has 0 unspecified atom stereocenters. The molecule has 0 aromatic heterocycles. The van der Waals surface area contributed by atoms with Gasteiger partial charge < -0.3 is 16.3 Å². The lowest BCUT2D eigenvalue weighted by Gasteiger charge is -2.06. The third-order valence-electron chi connectivity index (χ3n) is 1.99. The normalized spacial score (nSPS) is 11.3. The second kappa shape index (κ2) is 6.32. The highest BCUT2D eigenvalue weighted by atomic mass is 35.5. The number of nitrogens with two attached hydrogens (primary N) is 1. The van der Waals surface area contributed by atoms with E-state index >= 15 is 0 Å². The van der Waals surface area contributed by atoms with Crippen LogP contribution in [0.25, 0.3) is 0 Å². The molecule has 7 heteroatoms. The van der Waals surface area contributed by atoms with E-state index in [0.29, 0.717) is 10.6 Å². The van der Waals surface area contributed by atoms with Crippen molar-refractivity contribution in [1.82, 2.24) is 5.32 Å². The number of nitrogens with zero attached hydrogens (tertiary/aromatic N) is 1. The van der Waals surface area contributed by atoms with Crippen LogP contribution < -0.4 is 11.1 Å². The van der Waals surface area contributed by atoms with Crippen LogP contribution in [0.5, 0.6) is 0 Å². The summed E-state index contributed by atoms with van der Waals surface area (Å²) in [6.45, 7) is 0.248. The smallest absolute Gasteiger partial charge is 0.252 e. The quantitative estimate of drug-likeness (QED) is 0.339. The first-order valence-electron chi connectivity index (χ1n) is 4.75. The molecule has 4 N–H and O–H groups in total. The number of rotatable bonds is 4. The van der Waals surface area contributed by atoms with Crippen LogP contribution in [0.4, 0.5) is 0 Å². The fraction of sp³-hybridized carbons (Fsp3) is 0.200. The maximum atomic E-state index is 11.7. The Morgan fingerprint density at radius 2 is 2.18 bits per heavy atom. The molecule has 1 aromatic carbocycles. The fourth-order valence-electron chi connectivity index (χ4n) is 1.13. The van der Waals surface area contributed by atoms with Crippen molar-refractivity contribution in [3.05, 3.63) is 33.8 Å². The van der Waals surface area contributed by atoms with Crippen LogP contribution in [0.15, 0.2) is 23.4 Å². The molecule has 0 radical (unpaired) electrons. The molecule has 1 rings (SSSR count). The van der Waals surface area contributed by atoms with Crippen molar-refractivity contribution in [2.24, 2.45) is 10.9 Å². The van der Waals surface area contributed by atoms with Gasteiger partial charge in [-0.05, 0) is 12.1 Å². The lowest BCUT2D eigenvalue weighted by atomic mass is 10.2. The lowest BCUT2D eigenvalue weighted by molar-refractivity contribution is 0.0955. The van der Waals surface area contributed by atoms with Crippen LogP contribution in [0.2, 0.25) is 10.0 Å². The minimum Gasteiger partial charge on any atom is -0.409 e. The zero-order valence-corrected chi connectivity index (χ0v) is 10.3. The Bertz CT molecular complexity index is 449. The van der Waals surface area contributed by atoms with Crippen LogP contribution in [-0.2, 0) is 0 Å². The molecular formula is C10H11Cl2N3O2. The van der Waals surface area contributed by atoms with Gasteiger partial charge in [0.1, 0.15) is 5.84 Å². The predicted molar refractivity (Wildman–Crippen MR) is 66.8 cm³/mol. The SMILES string of the molecule is N/C(CCNC(=O)c1cccc(Cl)c1Cl)=N/O. The van der Waals surface area contributed by atoms with Crippen LogP contribution >= 0.6 is 23.2 Å². The van der Waals surface area contributed by atoms with Crippen molar-refractivity contribution in [2.45, 2.75) is 6.42 Å². The predicted octanol–water partition coefficient (Wildman–Crippen LogP) is 1.86. The molecule has 5 nitrogen and oxygen atoms in total. The molecule has 0 fully saturated rings. The minimum absolute atomic E-state index is 0.0440. The first kappa shape index (κ1) is 13.6. The van der Waals surface area contributed by atoms with Crippen LogP contribution in [0, 0.1) is 0 Å². The monoisotopic (exact) mass is 275 g/mol. The van der Waals surface area contributed by atoms with Crippen molar-refractivity contribution in [3.63, 3.8) is 0 Å². The van der Waals surface area contributed by atoms with E-state index < -0.39 is 0 Å². The molecule has 1 amide bonds. The molecule has 92 valence electrons. The maximum absolute atomic E-state index is 11.7. The number of oxime groups is 1. The third-order valence-corrected chi connectivity index (χ3v) is 2.81. The highest BCUT2D eigenvalue weighted by Crippen LogP contribution is 2.25. The largest absolute Gasteiger partial charge is 0.409 e. The molecule has 0 atom stereocenters. The molecule has 0 aliphatic rings. The van der Waals surface area contributed by atoms with Gasteiger partial charge in [-0.1, -0.05) is 34.4 Å². The number of carbonyl (C=O) groups excluding carboxylic acids is 1. The zero-order valence-electron chi connectivity index (χ0n) is 8.78. The van der Waals surface area contributed by atoms with E-state index in [1.54, 1.807) is 18.2 Å². The Morgan fingerprint density at radius 1 is 1.47 bits per heavy atom. The molecule has 0 aliphatic carbocycles. The maximum Gasteiger partial charge on any atom is 0.252 e. The lowest BCUT2D eigenvalue weighted by Crippen LogP contribution is -2.28. The van der Waals surface area contributed by atoms with Gasteiger partial charge in [0.05, 0.1) is 15.6 Å². The molecule has 0 saturated carbocycles. The molecule has 0 spiro atoms. The summed E-state index contributed by atoms with van der Waals surface area (Å²) < 4.78 is 0. The first-order valence-corrected chi connectivity index (χ1v) is 5.50. The number of benzene rings is 1. The van der Waals surface area contributed by atoms with Crippen molar-refractivity contribution in [3.8, 4) is 0 Å². The summed E-state index contributed by atoms with van der Waals surface area (Å²) in [6, 6.07) is 4.79. The summed E-state index contributed by atoms with van der Waals surface area (Å²) in [5.41, 5.74) is 5.54. The summed E-state index contributed by atoms with van der Waals surface area (Å²) in [5, 5.41) is 14.2. The number of amidine groups is 1. The van der Waals surface area contributed by atoms with E-state index in [-0.39, 0.29) is 29.7 Å². The van der Waals surface area contributed by atoms with Gasteiger partial charge in [0.15, 0.2) is 0 Å². The van der Waals surface area contributed by atoms with Gasteiger partial charge in [-0.15, -0.1) is 0 Å². The van der Waals surface area contributed by atoms with E-state index in [9.17, 15) is 4.79 Å². The molecule has 0 aliphatic heterocycles. The molecule has 0 bridgehead atoms. The standard InChI is InChI=1S/C10H11Cl2N3O2/c11-7-3-1-2-6(9(7)12)10(16)14-5-4-8(13)15-17/h1-3,17H,4-5H2,(H2,13,15)(H,14,16). The van der Waals surface area contributed by atoms with Gasteiger partial charge in [-0.25, -0.2) is 0 Å². The minimum atomic E-state index is -0.358. The zero-order chi connectivity index (χ0) is 12.8. The topological polar surface area (TPSA) is 87.7 Å². The summed E-state index contributed by atoms with van der Waals surface area (Å²) in [4.78, 5) is 11.7. The highest BCUT2D eigenvalue weighted by molar-refractivity contribution is 6.43. The Balaban J connectivity index is 2.62. The Labute approximate surface area is 108 Å². The second-order valence-electron chi connectivity index (χ2n) is 3.20. The third kappa shape index (κ3) is 3.80. The number of carbonyl (C=O) groups is 1. The van der Waals surface area contributed by atoms with Gasteiger partial charge in [0, 0.05) is 13.0 Å². The van der Waals surface area contributed by atoms with Crippen molar-refractivity contribution in [1.29, 1.82) is 0 Å². The average Bonchev–Trinajstić information content (AvgIpc) is 2.32. The van der Waals surface area contributed by atoms with Gasteiger partial charge in [0.25, 0.3) is 5.91 Å². The van der Waals surface area contributed by atoms with Crippen molar-refractivity contribution >= 4 is 34.9 Å². The van der Waals surface area contributed by atoms with Gasteiger partial charge in [-0.2, -0.15) is 0 Å². The number of halogens is 2. The van der Waals surface area contributed by atoms with Gasteiger partial charge >= 0.3 is 0 Å². The number of nitrogens with one attached hydrogen (secondary N) is 1. The van der Waals surface area contributed by atoms with Crippen LogP contribution in [-0.4, -0.2) is 23.5 Å². The second-order valence-corrected chi connectivity index (χ2v) is 3.98. The van der Waals surface area contributed by atoms with E-state index in [2.05, 4.69) is 10.5 Å². The summed E-state index contributed by atoms with van der Waals surface area (Å²) >= 11 is 11.7. The first-order chi connectivity index (χ1) is 8.06. The number of hydrogen-bond donors (Lipinski definition) is 3. The number of hydrogen-bond acceptors (Lipinski definition) is 3. The molecule has 0 heterocycles. The van der Waals surface area contributed by atoms with E-state index in [1.807, 2.05) is 0 Å². The fourth-order valence-corrected chi connectivity index (χ4v) is 1.51. The van der Waals surface area contributed by atoms with E-state index in [4.69, 9.17) is 34.1 Å². The molecule has 0 saturated heterocycles. The Kier molecular flexibility index (Phi) is 5.06. The van der Waals surface area contributed by atoms with E-state index in [0.717, 1.165) is 0 Å². The highest BCUT2D eigenvalue weighted by Gasteiger charge is 2.11. The van der Waals surface area contributed by atoms with E-state index in [1.165, 1.54) is 0 Å². The molecule has 1 aromatic rings. The summed E-state index contributed by atoms with van der Waals surface area (Å²) in [6.07, 6.45) is 0.250. The van der Waals surface area contributed by atoms with Crippen molar-refractivity contribution < 1.29 is 10.0 Å².